The first-order chi connectivity index (χ1) is 6.36. The van der Waals surface area contributed by atoms with Crippen molar-refractivity contribution in [1.29, 1.82) is 0 Å². The minimum Gasteiger partial charge on any atom is -0.121 e. The van der Waals surface area contributed by atoms with Gasteiger partial charge >= 0.3 is 0 Å². The molecule has 1 aromatic carbocycles. The van der Waals surface area contributed by atoms with Crippen molar-refractivity contribution in [2.24, 2.45) is 0 Å². The highest BCUT2D eigenvalue weighted by Crippen LogP contribution is 2.30. The first kappa shape index (κ1) is 10.4. The Morgan fingerprint density at radius 1 is 1.15 bits per heavy atom. The molecule has 1 aromatic rings. The molecule has 2 rings (SSSR count). The van der Waals surface area contributed by atoms with E-state index >= 15 is 0 Å². The average molecular weight is 192 g/mol. The van der Waals surface area contributed by atoms with Crippen LogP contribution in [-0.4, -0.2) is 5.75 Å². The van der Waals surface area contributed by atoms with Crippen molar-refractivity contribution in [3.05, 3.63) is 35.4 Å². The third kappa shape index (κ3) is 2.63. The third-order valence-corrected chi connectivity index (χ3v) is 3.06. The van der Waals surface area contributed by atoms with Crippen LogP contribution < -0.4 is 0 Å². The summed E-state index contributed by atoms with van der Waals surface area (Å²) in [5.41, 5.74) is 2.84. The van der Waals surface area contributed by atoms with Gasteiger partial charge in [0.15, 0.2) is 0 Å². The zero-order valence-corrected chi connectivity index (χ0v) is 9.32. The predicted molar refractivity (Wildman–Crippen MR) is 62.2 cm³/mol. The summed E-state index contributed by atoms with van der Waals surface area (Å²) in [5, 5.41) is 0. The molecule has 0 fully saturated rings. The number of hydrogen-bond acceptors (Lipinski definition) is 1. The summed E-state index contributed by atoms with van der Waals surface area (Å²) < 4.78 is 0. The Kier molecular flexibility index (Phi) is 4.10. The quantitative estimate of drug-likeness (QED) is 0.593. The van der Waals surface area contributed by atoms with Gasteiger partial charge in [-0.3, -0.25) is 0 Å². The van der Waals surface area contributed by atoms with Gasteiger partial charge in [-0.05, 0) is 18.6 Å². The number of fused-ring (bicyclic) bond motifs is 1. The third-order valence-electron chi connectivity index (χ3n) is 1.78. The van der Waals surface area contributed by atoms with E-state index in [0.717, 1.165) is 5.75 Å². The Bertz CT molecular complexity index is 300. The van der Waals surface area contributed by atoms with E-state index in [4.69, 9.17) is 0 Å². The van der Waals surface area contributed by atoms with Gasteiger partial charge in [0.1, 0.15) is 0 Å². The molecule has 0 atom stereocenters. The Morgan fingerprint density at radius 2 is 1.85 bits per heavy atom. The number of thioether (sulfide) groups is 1. The highest BCUT2D eigenvalue weighted by atomic mass is 32.2. The Hall–Kier alpha value is -0.690. The minimum absolute atomic E-state index is 1.15. The molecule has 0 aromatic heterocycles. The van der Waals surface area contributed by atoms with Crippen LogP contribution in [0.1, 0.15) is 26.3 Å². The van der Waals surface area contributed by atoms with E-state index in [1.165, 1.54) is 16.0 Å². The lowest BCUT2D eigenvalue weighted by Crippen LogP contribution is -1.91. The maximum Gasteiger partial charge on any atom is 0.0191 e. The highest BCUT2D eigenvalue weighted by Gasteiger charge is 2.05. The normalized spacial score (nSPS) is 13.6. The molecule has 0 nitrogen and oxygen atoms in total. The largest absolute Gasteiger partial charge is 0.121 e. The van der Waals surface area contributed by atoms with Gasteiger partial charge in [-0.15, -0.1) is 11.8 Å². The zero-order valence-electron chi connectivity index (χ0n) is 8.50. The molecule has 0 saturated carbocycles. The van der Waals surface area contributed by atoms with Gasteiger partial charge in [-0.1, -0.05) is 43.7 Å². The van der Waals surface area contributed by atoms with E-state index in [1.54, 1.807) is 0 Å². The second-order valence-electron chi connectivity index (χ2n) is 2.82. The van der Waals surface area contributed by atoms with Gasteiger partial charge in [0, 0.05) is 10.6 Å². The number of benzene rings is 1. The van der Waals surface area contributed by atoms with Crippen LogP contribution >= 0.6 is 11.8 Å². The van der Waals surface area contributed by atoms with Gasteiger partial charge < -0.3 is 0 Å². The van der Waals surface area contributed by atoms with Crippen LogP contribution in [0.5, 0.6) is 0 Å². The molecule has 1 aliphatic heterocycles. The summed E-state index contributed by atoms with van der Waals surface area (Å²) in [6.45, 7) is 6.18. The van der Waals surface area contributed by atoms with Crippen LogP contribution in [0.25, 0.3) is 6.08 Å². The summed E-state index contributed by atoms with van der Waals surface area (Å²) in [6, 6.07) is 8.54. The molecule has 0 unspecified atom stereocenters. The van der Waals surface area contributed by atoms with Crippen molar-refractivity contribution in [3.63, 3.8) is 0 Å². The molecule has 0 aliphatic carbocycles. The molecule has 70 valence electrons. The second-order valence-corrected chi connectivity index (χ2v) is 3.83. The van der Waals surface area contributed by atoms with E-state index in [1.807, 2.05) is 25.6 Å². The summed E-state index contributed by atoms with van der Waals surface area (Å²) in [4.78, 5) is 1.41. The monoisotopic (exact) mass is 192 g/mol. The van der Waals surface area contributed by atoms with Crippen molar-refractivity contribution in [3.8, 4) is 0 Å². The molecule has 13 heavy (non-hydrogen) atoms. The molecule has 1 heterocycles. The van der Waals surface area contributed by atoms with Crippen LogP contribution in [0.15, 0.2) is 34.7 Å². The van der Waals surface area contributed by atoms with E-state index in [2.05, 4.69) is 37.3 Å². The van der Waals surface area contributed by atoms with Crippen molar-refractivity contribution < 1.29 is 0 Å². The Labute approximate surface area is 85.1 Å². The van der Waals surface area contributed by atoms with Gasteiger partial charge in [0.05, 0.1) is 0 Å². The van der Waals surface area contributed by atoms with Crippen molar-refractivity contribution >= 4 is 17.8 Å². The lowest BCUT2D eigenvalue weighted by Gasteiger charge is -2.12. The first-order valence-electron chi connectivity index (χ1n) is 4.75. The minimum atomic E-state index is 1.15. The maximum absolute atomic E-state index is 2.27. The Morgan fingerprint density at radius 3 is 2.62 bits per heavy atom. The number of hydrogen-bond donors (Lipinski definition) is 0. The number of rotatable bonds is 0. The molecule has 0 N–H and O–H groups in total. The van der Waals surface area contributed by atoms with Crippen LogP contribution in [-0.2, 0) is 0 Å². The fourth-order valence-corrected chi connectivity index (χ4v) is 2.16. The van der Waals surface area contributed by atoms with Crippen LogP contribution in [0, 0.1) is 0 Å². The summed E-state index contributed by atoms with van der Waals surface area (Å²) >= 11 is 1.93. The van der Waals surface area contributed by atoms with Crippen LogP contribution in [0.2, 0.25) is 0 Å². The van der Waals surface area contributed by atoms with Crippen molar-refractivity contribution in [2.75, 3.05) is 5.75 Å². The highest BCUT2D eigenvalue weighted by molar-refractivity contribution is 7.99. The van der Waals surface area contributed by atoms with Crippen molar-refractivity contribution in [1.82, 2.24) is 0 Å². The van der Waals surface area contributed by atoms with Gasteiger partial charge in [-0.25, -0.2) is 0 Å². The molecule has 0 spiro atoms. The standard InChI is InChI=1S/C10H10S.C2H6/c1-8-6-9-4-2-3-5-10(9)11-7-8;1-2/h2-6H,7H2,1H3;1-2H3. The van der Waals surface area contributed by atoms with E-state index in [-0.39, 0.29) is 0 Å². The molecule has 0 saturated heterocycles. The molecule has 1 aliphatic rings. The summed E-state index contributed by atoms with van der Waals surface area (Å²) in [7, 11) is 0. The van der Waals surface area contributed by atoms with Gasteiger partial charge in [-0.2, -0.15) is 0 Å². The topological polar surface area (TPSA) is 0 Å². The van der Waals surface area contributed by atoms with Crippen LogP contribution in [0.4, 0.5) is 0 Å². The van der Waals surface area contributed by atoms with E-state index in [0.29, 0.717) is 0 Å². The summed E-state index contributed by atoms with van der Waals surface area (Å²) in [6.07, 6.45) is 2.27. The van der Waals surface area contributed by atoms with E-state index in [9.17, 15) is 0 Å². The van der Waals surface area contributed by atoms with E-state index < -0.39 is 0 Å². The molecular weight excluding hydrogens is 176 g/mol. The zero-order chi connectivity index (χ0) is 9.68. The second kappa shape index (κ2) is 5.13. The smallest absolute Gasteiger partial charge is 0.0191 e. The fraction of sp³-hybridized carbons (Fsp3) is 0.333. The SMILES string of the molecule is CC.CC1=Cc2ccccc2SC1. The first-order valence-corrected chi connectivity index (χ1v) is 5.74. The molecule has 0 bridgehead atoms. The summed E-state index contributed by atoms with van der Waals surface area (Å²) in [5.74, 6) is 1.15. The Balaban J connectivity index is 0.000000396. The van der Waals surface area contributed by atoms with Gasteiger partial charge in [0.25, 0.3) is 0 Å². The molecular formula is C12H16S. The fourth-order valence-electron chi connectivity index (χ4n) is 1.23. The lowest BCUT2D eigenvalue weighted by atomic mass is 10.1. The average Bonchev–Trinajstić information content (AvgIpc) is 2.21. The van der Waals surface area contributed by atoms with Gasteiger partial charge in [0.2, 0.25) is 0 Å². The lowest BCUT2D eigenvalue weighted by molar-refractivity contribution is 1.34. The molecule has 0 amide bonds. The predicted octanol–water partition coefficient (Wildman–Crippen LogP) is 4.22. The van der Waals surface area contributed by atoms with Crippen molar-refractivity contribution in [2.45, 2.75) is 25.7 Å². The molecule has 1 heteroatoms. The maximum atomic E-state index is 2.27. The molecule has 0 radical (unpaired) electrons. The van der Waals surface area contributed by atoms with Crippen LogP contribution in [0.3, 0.4) is 0 Å².